The van der Waals surface area contributed by atoms with Crippen LogP contribution in [0.1, 0.15) is 0 Å². The monoisotopic (exact) mass is 638 g/mol. The maximum atomic E-state index is 4.51. The average molecular weight is 639 g/mol. The predicted molar refractivity (Wildman–Crippen MR) is 207 cm³/mol. The molecule has 0 bridgehead atoms. The van der Waals surface area contributed by atoms with E-state index in [4.69, 9.17) is 0 Å². The first kappa shape index (κ1) is 28.3. The molecule has 0 saturated heterocycles. The van der Waals surface area contributed by atoms with Crippen molar-refractivity contribution in [3.05, 3.63) is 183 Å². The molecule has 4 heteroatoms. The van der Waals surface area contributed by atoms with Crippen molar-refractivity contribution in [2.75, 3.05) is 0 Å². The minimum atomic E-state index is 1.10. The molecule has 6 aromatic carbocycles. The van der Waals surface area contributed by atoms with Crippen LogP contribution in [0.3, 0.4) is 0 Å². The Morgan fingerprint density at radius 3 is 1.22 bits per heavy atom. The fourth-order valence-corrected chi connectivity index (χ4v) is 7.52. The summed E-state index contributed by atoms with van der Waals surface area (Å²) in [5, 5.41) is 4.83. The quantitative estimate of drug-likeness (QED) is 0.188. The van der Waals surface area contributed by atoms with Crippen LogP contribution in [-0.4, -0.2) is 19.1 Å². The molecule has 0 fully saturated rings. The lowest BCUT2D eigenvalue weighted by Crippen LogP contribution is -1.94. The molecule has 10 rings (SSSR count). The summed E-state index contributed by atoms with van der Waals surface area (Å²) in [6, 6.07) is 56.6. The van der Waals surface area contributed by atoms with Gasteiger partial charge < -0.3 is 9.13 Å². The third-order valence-electron chi connectivity index (χ3n) is 9.94. The zero-order chi connectivity index (χ0) is 33.0. The summed E-state index contributed by atoms with van der Waals surface area (Å²) in [5.41, 5.74) is 14.0. The van der Waals surface area contributed by atoms with E-state index in [0.717, 1.165) is 22.4 Å². The highest BCUT2D eigenvalue weighted by Crippen LogP contribution is 2.37. The fraction of sp³-hybridized carbons (Fsp3) is 0. The molecule has 4 aromatic heterocycles. The van der Waals surface area contributed by atoms with Gasteiger partial charge >= 0.3 is 0 Å². The number of fused-ring (bicyclic) bond motifs is 6. The SMILES string of the molecule is c1ccc(-c2ccc(-n3c4ccc(-c5ccc(-c6ccc7c(c6)c6ccncc6n7-c6ccccc6)cc5)cc4c4ccncc43)cc2)cc1. The summed E-state index contributed by atoms with van der Waals surface area (Å²) in [4.78, 5) is 8.96. The first-order valence-electron chi connectivity index (χ1n) is 16.9. The van der Waals surface area contributed by atoms with Crippen molar-refractivity contribution in [1.82, 2.24) is 19.1 Å². The van der Waals surface area contributed by atoms with Gasteiger partial charge in [-0.25, -0.2) is 0 Å². The summed E-state index contributed by atoms with van der Waals surface area (Å²) < 4.78 is 4.62. The third-order valence-corrected chi connectivity index (χ3v) is 9.94. The van der Waals surface area contributed by atoms with Crippen molar-refractivity contribution in [3.8, 4) is 44.8 Å². The van der Waals surface area contributed by atoms with Crippen LogP contribution in [0.25, 0.3) is 88.4 Å². The highest BCUT2D eigenvalue weighted by molar-refractivity contribution is 6.11. The largest absolute Gasteiger partial charge is 0.308 e. The number of para-hydroxylation sites is 1. The van der Waals surface area contributed by atoms with Crippen LogP contribution in [0.15, 0.2) is 183 Å². The van der Waals surface area contributed by atoms with Crippen LogP contribution < -0.4 is 0 Å². The molecule has 4 heterocycles. The van der Waals surface area contributed by atoms with Crippen LogP contribution in [0, 0.1) is 0 Å². The number of benzene rings is 6. The zero-order valence-corrected chi connectivity index (χ0v) is 27.1. The first-order valence-corrected chi connectivity index (χ1v) is 16.9. The summed E-state index contributed by atoms with van der Waals surface area (Å²) in [7, 11) is 0. The Morgan fingerprint density at radius 2 is 0.700 bits per heavy atom. The third kappa shape index (κ3) is 4.54. The van der Waals surface area contributed by atoms with Crippen molar-refractivity contribution < 1.29 is 0 Å². The summed E-state index contributed by atoms with van der Waals surface area (Å²) in [5.74, 6) is 0. The second-order valence-electron chi connectivity index (χ2n) is 12.7. The van der Waals surface area contributed by atoms with Gasteiger partial charge in [0.15, 0.2) is 0 Å². The molecule has 50 heavy (non-hydrogen) atoms. The predicted octanol–water partition coefficient (Wildman–Crippen LogP) is 11.7. The molecule has 10 aromatic rings. The van der Waals surface area contributed by atoms with Crippen molar-refractivity contribution in [2.24, 2.45) is 0 Å². The summed E-state index contributed by atoms with van der Waals surface area (Å²) in [6.07, 6.45) is 7.70. The molecule has 0 aliphatic rings. The minimum Gasteiger partial charge on any atom is -0.308 e. The van der Waals surface area contributed by atoms with Gasteiger partial charge in [-0.15, -0.1) is 0 Å². The minimum absolute atomic E-state index is 1.10. The highest BCUT2D eigenvalue weighted by atomic mass is 15.0. The number of hydrogen-bond donors (Lipinski definition) is 0. The number of nitrogens with zero attached hydrogens (tertiary/aromatic N) is 4. The number of pyridine rings is 2. The van der Waals surface area contributed by atoms with E-state index >= 15 is 0 Å². The maximum Gasteiger partial charge on any atom is 0.0724 e. The smallest absolute Gasteiger partial charge is 0.0724 e. The van der Waals surface area contributed by atoms with Crippen molar-refractivity contribution >= 4 is 43.6 Å². The first-order chi connectivity index (χ1) is 24.8. The maximum absolute atomic E-state index is 4.51. The molecule has 0 N–H and O–H groups in total. The molecular weight excluding hydrogens is 609 g/mol. The van der Waals surface area contributed by atoms with Crippen molar-refractivity contribution in [1.29, 1.82) is 0 Å². The van der Waals surface area contributed by atoms with Crippen LogP contribution in [0.4, 0.5) is 0 Å². The van der Waals surface area contributed by atoms with Gasteiger partial charge in [-0.1, -0.05) is 97.1 Å². The van der Waals surface area contributed by atoms with Crippen molar-refractivity contribution in [3.63, 3.8) is 0 Å². The topological polar surface area (TPSA) is 35.6 Å². The molecule has 0 atom stereocenters. The van der Waals surface area contributed by atoms with E-state index < -0.39 is 0 Å². The van der Waals surface area contributed by atoms with E-state index in [-0.39, 0.29) is 0 Å². The highest BCUT2D eigenvalue weighted by Gasteiger charge is 2.15. The van der Waals surface area contributed by atoms with E-state index in [9.17, 15) is 0 Å². The lowest BCUT2D eigenvalue weighted by molar-refractivity contribution is 1.17. The van der Waals surface area contributed by atoms with Gasteiger partial charge in [-0.3, -0.25) is 9.97 Å². The van der Waals surface area contributed by atoms with Gasteiger partial charge in [-0.05, 0) is 94.0 Å². The molecule has 0 aliphatic heterocycles. The summed E-state index contributed by atoms with van der Waals surface area (Å²) in [6.45, 7) is 0. The Labute approximate surface area is 289 Å². The van der Waals surface area contributed by atoms with E-state index in [1.807, 2.05) is 24.8 Å². The molecular formula is C46H30N4. The zero-order valence-electron chi connectivity index (χ0n) is 27.1. The van der Waals surface area contributed by atoms with E-state index in [1.54, 1.807) is 0 Å². The van der Waals surface area contributed by atoms with Gasteiger partial charge in [0.05, 0.1) is 34.5 Å². The Bertz CT molecular complexity index is 2830. The van der Waals surface area contributed by atoms with Crippen molar-refractivity contribution in [2.45, 2.75) is 0 Å². The average Bonchev–Trinajstić information content (AvgIpc) is 3.71. The molecule has 0 aliphatic carbocycles. The number of rotatable bonds is 5. The second-order valence-corrected chi connectivity index (χ2v) is 12.7. The molecule has 234 valence electrons. The van der Waals surface area contributed by atoms with Gasteiger partial charge in [0, 0.05) is 45.3 Å². The molecule has 0 amide bonds. The summed E-state index contributed by atoms with van der Waals surface area (Å²) >= 11 is 0. The van der Waals surface area contributed by atoms with Gasteiger partial charge in [0.2, 0.25) is 0 Å². The van der Waals surface area contributed by atoms with E-state index in [1.165, 1.54) is 66.0 Å². The Hall–Kier alpha value is -6.78. The van der Waals surface area contributed by atoms with Gasteiger partial charge in [-0.2, -0.15) is 0 Å². The fourth-order valence-electron chi connectivity index (χ4n) is 7.52. The Balaban J connectivity index is 1.02. The van der Waals surface area contributed by atoms with E-state index in [2.05, 4.69) is 177 Å². The van der Waals surface area contributed by atoms with Gasteiger partial charge in [0.25, 0.3) is 0 Å². The van der Waals surface area contributed by atoms with Crippen LogP contribution in [0.2, 0.25) is 0 Å². The second kappa shape index (κ2) is 11.4. The van der Waals surface area contributed by atoms with E-state index in [0.29, 0.717) is 0 Å². The lowest BCUT2D eigenvalue weighted by Gasteiger charge is -2.10. The standard InChI is InChI=1S/C46H30N4/c1-3-7-31(8-4-1)32-15-19-38(20-16-32)50-44-22-18-36(28-42(44)40-24-26-48-30-46(40)50)34-13-11-33(12-14-34)35-17-21-43-41(27-35)39-23-25-47-29-45(39)49(43)37-9-5-2-6-10-37/h1-30H. The number of hydrogen-bond acceptors (Lipinski definition) is 2. The normalized spacial score (nSPS) is 11.6. The molecule has 4 nitrogen and oxygen atoms in total. The lowest BCUT2D eigenvalue weighted by atomic mass is 9.98. The molecule has 0 radical (unpaired) electrons. The van der Waals surface area contributed by atoms with Crippen LogP contribution in [0.5, 0.6) is 0 Å². The molecule has 0 unspecified atom stereocenters. The van der Waals surface area contributed by atoms with Gasteiger partial charge in [0.1, 0.15) is 0 Å². The Morgan fingerprint density at radius 1 is 0.300 bits per heavy atom. The molecule has 0 spiro atoms. The molecule has 0 saturated carbocycles. The number of aromatic nitrogens is 4. The Kier molecular flexibility index (Phi) is 6.46. The van der Waals surface area contributed by atoms with Crippen LogP contribution in [-0.2, 0) is 0 Å². The van der Waals surface area contributed by atoms with Crippen LogP contribution >= 0.6 is 0 Å².